The van der Waals surface area contributed by atoms with Crippen molar-refractivity contribution in [2.45, 2.75) is 12.5 Å². The van der Waals surface area contributed by atoms with E-state index >= 15 is 0 Å². The maximum atomic E-state index is 12.1. The Labute approximate surface area is 190 Å². The summed E-state index contributed by atoms with van der Waals surface area (Å²) in [6.45, 7) is 8.49. The molecule has 1 atom stereocenters. The molecule has 2 N–H and O–H groups in total. The van der Waals surface area contributed by atoms with Gasteiger partial charge in [0.1, 0.15) is 5.82 Å². The van der Waals surface area contributed by atoms with Crippen LogP contribution in [0, 0.1) is 0 Å². The van der Waals surface area contributed by atoms with Crippen LogP contribution in [-0.2, 0) is 9.53 Å². The number of aliphatic hydroxyl groups is 1. The molecule has 1 aliphatic heterocycles. The van der Waals surface area contributed by atoms with E-state index in [1.165, 1.54) is 6.08 Å². The molecule has 3 rings (SSSR count). The maximum Gasteiger partial charge on any atom is 0.248 e. The van der Waals surface area contributed by atoms with Crippen molar-refractivity contribution in [1.82, 2.24) is 9.88 Å². The fraction of sp³-hybridized carbons (Fsp3) is 0.360. The number of anilines is 2. The fourth-order valence-corrected chi connectivity index (χ4v) is 3.59. The van der Waals surface area contributed by atoms with Crippen LogP contribution in [0.15, 0.2) is 67.4 Å². The van der Waals surface area contributed by atoms with Crippen molar-refractivity contribution < 1.29 is 14.6 Å². The first kappa shape index (κ1) is 23.7. The molecule has 0 radical (unpaired) electrons. The van der Waals surface area contributed by atoms with E-state index < -0.39 is 6.10 Å². The van der Waals surface area contributed by atoms with Crippen molar-refractivity contribution in [3.8, 4) is 0 Å². The van der Waals surface area contributed by atoms with E-state index in [0.29, 0.717) is 25.4 Å². The molecule has 170 valence electrons. The zero-order valence-electron chi connectivity index (χ0n) is 18.4. The summed E-state index contributed by atoms with van der Waals surface area (Å²) in [5, 5.41) is 13.0. The monoisotopic (exact) mass is 436 g/mol. The number of nitrogens with zero attached hydrogens (tertiary/aromatic N) is 3. The van der Waals surface area contributed by atoms with Gasteiger partial charge in [-0.05, 0) is 36.7 Å². The molecule has 0 aliphatic carbocycles. The molecule has 1 aliphatic rings. The van der Waals surface area contributed by atoms with Crippen LogP contribution < -0.4 is 10.2 Å². The maximum absolute atomic E-state index is 12.1. The molecule has 0 bridgehead atoms. The summed E-state index contributed by atoms with van der Waals surface area (Å²) in [6.07, 6.45) is 7.16. The van der Waals surface area contributed by atoms with Crippen molar-refractivity contribution in [1.29, 1.82) is 0 Å². The number of β-amino-alcohol motifs (C(OH)–C–C–N with tert-alkyl or cyclic N) is 1. The average Bonchev–Trinajstić information content (AvgIpc) is 3.05. The molecule has 1 amide bonds. The smallest absolute Gasteiger partial charge is 0.248 e. The van der Waals surface area contributed by atoms with Gasteiger partial charge in [-0.25, -0.2) is 4.98 Å². The van der Waals surface area contributed by atoms with Crippen LogP contribution in [-0.4, -0.2) is 72.9 Å². The lowest BCUT2D eigenvalue weighted by Gasteiger charge is -2.24. The number of hydrogen-bond donors (Lipinski definition) is 2. The molecule has 1 aromatic heterocycles. The Kier molecular flexibility index (Phi) is 9.43. The number of rotatable bonds is 10. The van der Waals surface area contributed by atoms with E-state index in [2.05, 4.69) is 26.7 Å². The summed E-state index contributed by atoms with van der Waals surface area (Å²) in [5.41, 5.74) is 1.64. The van der Waals surface area contributed by atoms with Crippen molar-refractivity contribution in [3.05, 3.63) is 73.0 Å². The third-order valence-corrected chi connectivity index (χ3v) is 5.17. The second-order valence-electron chi connectivity index (χ2n) is 7.76. The summed E-state index contributed by atoms with van der Waals surface area (Å²) in [7, 11) is 0. The molecule has 32 heavy (non-hydrogen) atoms. The zero-order valence-corrected chi connectivity index (χ0v) is 18.4. The summed E-state index contributed by atoms with van der Waals surface area (Å²) in [4.78, 5) is 21.2. The van der Waals surface area contributed by atoms with Crippen LogP contribution in [0.2, 0.25) is 0 Å². The second-order valence-corrected chi connectivity index (χ2v) is 7.76. The van der Waals surface area contributed by atoms with Crippen LogP contribution in [0.25, 0.3) is 6.08 Å². The second kappa shape index (κ2) is 12.8. The molecule has 1 saturated heterocycles. The first-order chi connectivity index (χ1) is 15.6. The van der Waals surface area contributed by atoms with Gasteiger partial charge in [0, 0.05) is 32.3 Å². The molecule has 7 nitrogen and oxygen atoms in total. The van der Waals surface area contributed by atoms with Gasteiger partial charge in [0.25, 0.3) is 0 Å². The normalized spacial score (nSPS) is 16.0. The molecule has 0 saturated carbocycles. The van der Waals surface area contributed by atoms with E-state index in [4.69, 9.17) is 4.74 Å². The van der Waals surface area contributed by atoms with Gasteiger partial charge in [-0.15, -0.1) is 6.58 Å². The Morgan fingerprint density at radius 2 is 2.03 bits per heavy atom. The molecular weight excluding hydrogens is 404 g/mol. The minimum absolute atomic E-state index is 0.190. The van der Waals surface area contributed by atoms with E-state index in [1.807, 2.05) is 42.5 Å². The Hall–Kier alpha value is -3.00. The van der Waals surface area contributed by atoms with Crippen molar-refractivity contribution >= 4 is 23.5 Å². The zero-order chi connectivity index (χ0) is 22.6. The summed E-state index contributed by atoms with van der Waals surface area (Å²) in [6, 6.07) is 13.5. The third-order valence-electron chi connectivity index (χ3n) is 5.17. The molecule has 1 aromatic carbocycles. The Balaban J connectivity index is 1.46. The highest BCUT2D eigenvalue weighted by Gasteiger charge is 2.18. The first-order valence-electron chi connectivity index (χ1n) is 11.0. The number of aromatic nitrogens is 1. The minimum Gasteiger partial charge on any atom is -0.389 e. The fourth-order valence-electron chi connectivity index (χ4n) is 3.59. The quantitative estimate of drug-likeness (QED) is 0.339. The lowest BCUT2D eigenvalue weighted by Crippen LogP contribution is -2.37. The molecule has 2 heterocycles. The first-order valence-corrected chi connectivity index (χ1v) is 11.0. The highest BCUT2D eigenvalue weighted by Crippen LogP contribution is 2.17. The van der Waals surface area contributed by atoms with Crippen LogP contribution in [0.5, 0.6) is 0 Å². The Morgan fingerprint density at radius 3 is 2.78 bits per heavy atom. The largest absolute Gasteiger partial charge is 0.389 e. The lowest BCUT2D eigenvalue weighted by atomic mass is 10.2. The number of ether oxygens (including phenoxy) is 1. The summed E-state index contributed by atoms with van der Waals surface area (Å²) < 4.78 is 5.33. The van der Waals surface area contributed by atoms with Crippen LogP contribution in [0.4, 0.5) is 11.5 Å². The van der Waals surface area contributed by atoms with Crippen LogP contribution in [0.3, 0.4) is 0 Å². The highest BCUT2D eigenvalue weighted by atomic mass is 16.5. The van der Waals surface area contributed by atoms with Gasteiger partial charge >= 0.3 is 0 Å². The number of aliphatic hydroxyl groups excluding tert-OH is 1. The Morgan fingerprint density at radius 1 is 1.19 bits per heavy atom. The number of amides is 1. The van der Waals surface area contributed by atoms with Crippen LogP contribution in [0.1, 0.15) is 12.0 Å². The van der Waals surface area contributed by atoms with Gasteiger partial charge in [-0.3, -0.25) is 9.69 Å². The van der Waals surface area contributed by atoms with Gasteiger partial charge < -0.3 is 20.1 Å². The SMILES string of the molecule is C=CCOCC(O)CN1CCCN(c2ccc(NC(=O)C=Cc3ccccc3)cn2)CC1. The topological polar surface area (TPSA) is 77.9 Å². The van der Waals surface area contributed by atoms with Crippen molar-refractivity contribution in [3.63, 3.8) is 0 Å². The van der Waals surface area contributed by atoms with Crippen LogP contribution >= 0.6 is 0 Å². The average molecular weight is 437 g/mol. The molecule has 0 spiro atoms. The molecular formula is C25H32N4O3. The van der Waals surface area contributed by atoms with Gasteiger partial charge in [0.2, 0.25) is 5.91 Å². The number of pyridine rings is 1. The number of hydrogen-bond acceptors (Lipinski definition) is 6. The number of nitrogens with one attached hydrogen (secondary N) is 1. The summed E-state index contributed by atoms with van der Waals surface area (Å²) in [5.74, 6) is 0.698. The highest BCUT2D eigenvalue weighted by molar-refractivity contribution is 6.01. The number of benzene rings is 1. The standard InChI is InChI=1S/C25H32N4O3/c1-2-17-32-20-23(30)19-28-13-6-14-29(16-15-28)24-11-10-22(18-26-24)27-25(31)12-9-21-7-4-3-5-8-21/h2-5,7-12,18,23,30H,1,6,13-17,19-20H2,(H,27,31). The molecule has 1 fully saturated rings. The molecule has 2 aromatic rings. The molecule has 1 unspecified atom stereocenters. The van der Waals surface area contributed by atoms with Gasteiger partial charge in [0.15, 0.2) is 0 Å². The predicted octanol–water partition coefficient (Wildman–Crippen LogP) is 2.81. The van der Waals surface area contributed by atoms with Crippen molar-refractivity contribution in [2.75, 3.05) is 56.2 Å². The number of carbonyl (C=O) groups excluding carboxylic acids is 1. The van der Waals surface area contributed by atoms with Gasteiger partial charge in [0.05, 0.1) is 31.2 Å². The van der Waals surface area contributed by atoms with E-state index in [0.717, 1.165) is 44.0 Å². The van der Waals surface area contributed by atoms with Crippen molar-refractivity contribution in [2.24, 2.45) is 0 Å². The predicted molar refractivity (Wildman–Crippen MR) is 129 cm³/mol. The summed E-state index contributed by atoms with van der Waals surface area (Å²) >= 11 is 0. The van der Waals surface area contributed by atoms with E-state index in [-0.39, 0.29) is 5.91 Å². The molecule has 7 heteroatoms. The number of carbonyl (C=O) groups is 1. The van der Waals surface area contributed by atoms with E-state index in [1.54, 1.807) is 18.3 Å². The third kappa shape index (κ3) is 7.92. The van der Waals surface area contributed by atoms with Gasteiger partial charge in [-0.2, -0.15) is 0 Å². The Bertz CT molecular complexity index is 871. The lowest BCUT2D eigenvalue weighted by molar-refractivity contribution is -0.111. The van der Waals surface area contributed by atoms with E-state index in [9.17, 15) is 9.90 Å². The van der Waals surface area contributed by atoms with Gasteiger partial charge in [-0.1, -0.05) is 36.4 Å². The minimum atomic E-state index is -0.501.